The molecule has 0 aliphatic rings. The van der Waals surface area contributed by atoms with E-state index in [0.717, 1.165) is 6.42 Å². The minimum absolute atomic E-state index is 0. The van der Waals surface area contributed by atoms with Crippen molar-refractivity contribution in [2.75, 3.05) is 14.2 Å². The van der Waals surface area contributed by atoms with Crippen molar-refractivity contribution in [1.29, 1.82) is 0 Å². The van der Waals surface area contributed by atoms with Gasteiger partial charge >= 0.3 is 0 Å². The van der Waals surface area contributed by atoms with Crippen molar-refractivity contribution in [3.8, 4) is 0 Å². The molecule has 87 valence electrons. The summed E-state index contributed by atoms with van der Waals surface area (Å²) < 4.78 is 4.25. The molecular formula is C12H22AgO. The van der Waals surface area contributed by atoms with E-state index in [2.05, 4.69) is 35.9 Å². The third-order valence-corrected chi connectivity index (χ3v) is 1.25. The zero-order chi connectivity index (χ0) is 10.5. The van der Waals surface area contributed by atoms with Gasteiger partial charge in [-0.1, -0.05) is 51.1 Å². The zero-order valence-corrected chi connectivity index (χ0v) is 11.3. The van der Waals surface area contributed by atoms with Gasteiger partial charge in [0, 0.05) is 36.6 Å². The van der Waals surface area contributed by atoms with Gasteiger partial charge in [-0.15, -0.1) is 0 Å². The molecule has 1 aromatic rings. The predicted molar refractivity (Wildman–Crippen MR) is 60.1 cm³/mol. The number of hydrogen-bond acceptors (Lipinski definition) is 1. The van der Waals surface area contributed by atoms with Gasteiger partial charge in [0.1, 0.15) is 0 Å². The quantitative estimate of drug-likeness (QED) is 0.719. The van der Waals surface area contributed by atoms with Crippen LogP contribution < -0.4 is 0 Å². The first-order chi connectivity index (χ1) is 6.35. The van der Waals surface area contributed by atoms with Crippen LogP contribution in [0.15, 0.2) is 30.3 Å². The van der Waals surface area contributed by atoms with Crippen molar-refractivity contribution < 1.29 is 27.1 Å². The number of methoxy groups -OCH3 is 1. The summed E-state index contributed by atoms with van der Waals surface area (Å²) >= 11 is 0. The van der Waals surface area contributed by atoms with Crippen molar-refractivity contribution in [2.24, 2.45) is 0 Å². The Labute approximate surface area is 104 Å². The number of hydrogen-bond donors (Lipinski definition) is 0. The van der Waals surface area contributed by atoms with E-state index in [1.54, 1.807) is 14.2 Å². The fourth-order valence-electron chi connectivity index (χ4n) is 0.714. The molecule has 0 aliphatic carbocycles. The van der Waals surface area contributed by atoms with E-state index in [1.807, 2.05) is 19.9 Å². The first-order valence-electron chi connectivity index (χ1n) is 4.79. The molecule has 0 saturated heterocycles. The number of benzene rings is 1. The number of ether oxygens (including phenoxy) is 1. The van der Waals surface area contributed by atoms with Crippen molar-refractivity contribution in [3.05, 3.63) is 35.9 Å². The monoisotopic (exact) mass is 289 g/mol. The molecule has 0 spiro atoms. The van der Waals surface area contributed by atoms with Gasteiger partial charge in [-0.05, 0) is 12.0 Å². The molecule has 0 fully saturated rings. The van der Waals surface area contributed by atoms with E-state index < -0.39 is 0 Å². The Balaban J connectivity index is -0.000000176. The van der Waals surface area contributed by atoms with Gasteiger partial charge < -0.3 is 4.74 Å². The number of rotatable bonds is 1. The molecule has 1 rings (SSSR count). The van der Waals surface area contributed by atoms with Crippen LogP contribution in [0, 0.1) is 0 Å². The standard InChI is InChI=1S/C8H10.C2H6O.C2H6.Ag/c1-2-8-6-4-3-5-7-8;1-3-2;1-2;/h3-7H,2H2,1H3;1-2H3;1-2H3;. The van der Waals surface area contributed by atoms with E-state index in [-0.39, 0.29) is 22.4 Å². The minimum atomic E-state index is 0. The third-order valence-electron chi connectivity index (χ3n) is 1.25. The molecular weight excluding hydrogens is 268 g/mol. The summed E-state index contributed by atoms with van der Waals surface area (Å²) in [6.07, 6.45) is 1.14. The zero-order valence-electron chi connectivity index (χ0n) is 9.80. The first-order valence-corrected chi connectivity index (χ1v) is 4.79. The smallest absolute Gasteiger partial charge is 0.0351 e. The Hall–Kier alpha value is -0.0797. The Bertz CT molecular complexity index is 163. The molecule has 0 N–H and O–H groups in total. The summed E-state index contributed by atoms with van der Waals surface area (Å²) in [6, 6.07) is 10.5. The average molecular weight is 290 g/mol. The van der Waals surface area contributed by atoms with Crippen molar-refractivity contribution >= 4 is 0 Å². The fourth-order valence-corrected chi connectivity index (χ4v) is 0.714. The van der Waals surface area contributed by atoms with Gasteiger partial charge in [0.2, 0.25) is 0 Å². The van der Waals surface area contributed by atoms with Gasteiger partial charge in [0.05, 0.1) is 0 Å². The van der Waals surface area contributed by atoms with Crippen LogP contribution in [0.2, 0.25) is 0 Å². The average Bonchev–Trinajstić information content (AvgIpc) is 2.23. The maximum absolute atomic E-state index is 4.25. The normalized spacial score (nSPS) is 6.93. The van der Waals surface area contributed by atoms with Crippen LogP contribution in [0.1, 0.15) is 26.3 Å². The first kappa shape index (κ1) is 19.5. The molecule has 0 saturated carbocycles. The van der Waals surface area contributed by atoms with Gasteiger partial charge in [0.25, 0.3) is 0 Å². The summed E-state index contributed by atoms with van der Waals surface area (Å²) in [5.41, 5.74) is 1.41. The van der Waals surface area contributed by atoms with E-state index >= 15 is 0 Å². The molecule has 1 radical (unpaired) electrons. The molecule has 0 atom stereocenters. The molecule has 0 bridgehead atoms. The topological polar surface area (TPSA) is 9.23 Å². The van der Waals surface area contributed by atoms with Crippen LogP contribution in [0.5, 0.6) is 0 Å². The second-order valence-corrected chi connectivity index (χ2v) is 2.25. The molecule has 0 aromatic heterocycles. The SMILES string of the molecule is CC.CCc1ccccc1.COC.[Ag]. The van der Waals surface area contributed by atoms with Crippen LogP contribution in [0.3, 0.4) is 0 Å². The second kappa shape index (κ2) is 18.7. The van der Waals surface area contributed by atoms with E-state index in [0.29, 0.717) is 0 Å². The fraction of sp³-hybridized carbons (Fsp3) is 0.500. The van der Waals surface area contributed by atoms with Crippen molar-refractivity contribution in [1.82, 2.24) is 0 Å². The maximum atomic E-state index is 4.25. The number of aryl methyl sites for hydroxylation is 1. The summed E-state index contributed by atoms with van der Waals surface area (Å²) in [5, 5.41) is 0. The van der Waals surface area contributed by atoms with Crippen LogP contribution in [0.25, 0.3) is 0 Å². The summed E-state index contributed by atoms with van der Waals surface area (Å²) in [7, 11) is 3.25. The minimum Gasteiger partial charge on any atom is -0.388 e. The molecule has 0 heterocycles. The van der Waals surface area contributed by atoms with Gasteiger partial charge in [-0.3, -0.25) is 0 Å². The molecule has 1 aromatic carbocycles. The summed E-state index contributed by atoms with van der Waals surface area (Å²) in [6.45, 7) is 6.16. The van der Waals surface area contributed by atoms with Crippen molar-refractivity contribution in [2.45, 2.75) is 27.2 Å². The van der Waals surface area contributed by atoms with Crippen LogP contribution in [-0.4, -0.2) is 14.2 Å². The largest absolute Gasteiger partial charge is 0.388 e. The van der Waals surface area contributed by atoms with Gasteiger partial charge in [0.15, 0.2) is 0 Å². The third kappa shape index (κ3) is 14.4. The summed E-state index contributed by atoms with van der Waals surface area (Å²) in [4.78, 5) is 0. The van der Waals surface area contributed by atoms with E-state index in [4.69, 9.17) is 0 Å². The van der Waals surface area contributed by atoms with Crippen LogP contribution >= 0.6 is 0 Å². The Morgan fingerprint density at radius 2 is 1.36 bits per heavy atom. The Kier molecular flexibility index (Phi) is 26.0. The van der Waals surface area contributed by atoms with Crippen LogP contribution in [0.4, 0.5) is 0 Å². The predicted octanol–water partition coefficient (Wildman–Crippen LogP) is 3.54. The summed E-state index contributed by atoms with van der Waals surface area (Å²) in [5.74, 6) is 0. The van der Waals surface area contributed by atoms with E-state index in [1.165, 1.54) is 5.56 Å². The van der Waals surface area contributed by atoms with Crippen molar-refractivity contribution in [3.63, 3.8) is 0 Å². The Morgan fingerprint density at radius 1 is 1.00 bits per heavy atom. The van der Waals surface area contributed by atoms with Crippen LogP contribution in [-0.2, 0) is 33.5 Å². The maximum Gasteiger partial charge on any atom is 0.0351 e. The van der Waals surface area contributed by atoms with E-state index in [9.17, 15) is 0 Å². The molecule has 14 heavy (non-hydrogen) atoms. The second-order valence-electron chi connectivity index (χ2n) is 2.25. The molecule has 0 unspecified atom stereocenters. The molecule has 0 amide bonds. The molecule has 2 heteroatoms. The molecule has 1 nitrogen and oxygen atoms in total. The van der Waals surface area contributed by atoms with Gasteiger partial charge in [-0.2, -0.15) is 0 Å². The Morgan fingerprint density at radius 3 is 1.57 bits per heavy atom. The molecule has 0 aliphatic heterocycles. The van der Waals surface area contributed by atoms with Gasteiger partial charge in [-0.25, -0.2) is 0 Å².